The van der Waals surface area contributed by atoms with Gasteiger partial charge in [-0.2, -0.15) is 0 Å². The zero-order valence-electron chi connectivity index (χ0n) is 20.8. The second-order valence-corrected chi connectivity index (χ2v) is 10.2. The van der Waals surface area contributed by atoms with E-state index in [1.54, 1.807) is 6.08 Å². The minimum atomic E-state index is -2.68. The summed E-state index contributed by atoms with van der Waals surface area (Å²) in [6.45, 7) is 16.3. The third kappa shape index (κ3) is 11.6. The van der Waals surface area contributed by atoms with Crippen molar-refractivity contribution in [1.29, 1.82) is 0 Å². The van der Waals surface area contributed by atoms with E-state index >= 15 is 0 Å². The summed E-state index contributed by atoms with van der Waals surface area (Å²) >= 11 is 0. The molecule has 33 heavy (non-hydrogen) atoms. The highest BCUT2D eigenvalue weighted by Gasteiger charge is 2.39. The van der Waals surface area contributed by atoms with Crippen LogP contribution in [0.1, 0.15) is 53.0 Å². The molecule has 0 unspecified atom stereocenters. The summed E-state index contributed by atoms with van der Waals surface area (Å²) in [6, 6.07) is 6.25. The smallest absolute Gasteiger partial charge is 0.493 e. The molecule has 0 atom stereocenters. The first-order chi connectivity index (χ1) is 15.9. The van der Waals surface area contributed by atoms with Gasteiger partial charge in [-0.05, 0) is 59.2 Å². The van der Waals surface area contributed by atoms with Gasteiger partial charge >= 0.3 is 14.9 Å². The molecule has 1 aromatic rings. The van der Waals surface area contributed by atoms with E-state index in [1.165, 1.54) is 0 Å². The Morgan fingerprint density at radius 1 is 1.06 bits per heavy atom. The summed E-state index contributed by atoms with van der Waals surface area (Å²) in [6.07, 6.45) is 2.64. The van der Waals surface area contributed by atoms with Gasteiger partial charge in [-0.1, -0.05) is 12.7 Å². The summed E-state index contributed by atoms with van der Waals surface area (Å²) in [7, 11) is -2.68. The Morgan fingerprint density at radius 3 is 2.30 bits per heavy atom. The fourth-order valence-electron chi connectivity index (χ4n) is 3.10. The quantitative estimate of drug-likeness (QED) is 0.231. The van der Waals surface area contributed by atoms with Gasteiger partial charge in [0.05, 0.1) is 19.3 Å². The molecule has 0 fully saturated rings. The summed E-state index contributed by atoms with van der Waals surface area (Å²) < 4.78 is 34.1. The van der Waals surface area contributed by atoms with Crippen molar-refractivity contribution in [2.45, 2.75) is 59.6 Å². The Bertz CT molecular complexity index is 682. The molecule has 0 radical (unpaired) electrons. The molecule has 1 rings (SSSR count). The van der Waals surface area contributed by atoms with E-state index in [4.69, 9.17) is 27.5 Å². The molecular weight excluding hydrogens is 442 g/mol. The van der Waals surface area contributed by atoms with E-state index in [2.05, 4.69) is 11.9 Å². The van der Waals surface area contributed by atoms with E-state index in [1.807, 2.05) is 52.8 Å². The Labute approximate surface area is 199 Å². The molecule has 0 aliphatic heterocycles. The Hall–Kier alpha value is -2.07. The first kappa shape index (κ1) is 29.0. The summed E-state index contributed by atoms with van der Waals surface area (Å²) in [5, 5.41) is 2.76. The van der Waals surface area contributed by atoms with Crippen molar-refractivity contribution < 1.29 is 32.3 Å². The monoisotopic (exact) mass is 483 g/mol. The molecule has 0 saturated carbocycles. The number of ether oxygens (including phenoxy) is 3. The molecule has 8 nitrogen and oxygen atoms in total. The van der Waals surface area contributed by atoms with Gasteiger partial charge in [0.2, 0.25) is 0 Å². The lowest BCUT2D eigenvalue weighted by molar-refractivity contribution is 0.0706. The van der Waals surface area contributed by atoms with Crippen LogP contribution in [0.25, 0.3) is 6.08 Å². The zero-order chi connectivity index (χ0) is 24.5. The Kier molecular flexibility index (Phi) is 14.5. The predicted octanol–water partition coefficient (Wildman–Crippen LogP) is 5.05. The van der Waals surface area contributed by atoms with Crippen molar-refractivity contribution in [2.24, 2.45) is 0 Å². The number of benzene rings is 1. The minimum Gasteiger partial charge on any atom is -0.493 e. The van der Waals surface area contributed by atoms with Crippen LogP contribution in [0.5, 0.6) is 11.5 Å². The van der Waals surface area contributed by atoms with Crippen LogP contribution in [0, 0.1) is 0 Å². The van der Waals surface area contributed by atoms with Gasteiger partial charge < -0.3 is 32.8 Å². The summed E-state index contributed by atoms with van der Waals surface area (Å²) in [4.78, 5) is 11.9. The first-order valence-corrected chi connectivity index (χ1v) is 13.7. The van der Waals surface area contributed by atoms with Crippen molar-refractivity contribution >= 4 is 21.0 Å². The van der Waals surface area contributed by atoms with Crippen LogP contribution in [-0.2, 0) is 18.0 Å². The highest BCUT2D eigenvalue weighted by Crippen LogP contribution is 2.26. The van der Waals surface area contributed by atoms with Gasteiger partial charge in [-0.15, -0.1) is 0 Å². The molecule has 0 bridgehead atoms. The molecule has 1 amide bonds. The number of hydrogen-bond donors (Lipinski definition) is 1. The number of carbonyl (C=O) groups excluding carboxylic acids is 1. The maximum Gasteiger partial charge on any atom is 0.500 e. The maximum absolute atomic E-state index is 11.9. The third-order valence-corrected chi connectivity index (χ3v) is 7.53. The lowest BCUT2D eigenvalue weighted by Gasteiger charge is -2.28. The summed E-state index contributed by atoms with van der Waals surface area (Å²) in [5.41, 5.74) is 0.877. The second kappa shape index (κ2) is 16.5. The number of carbonyl (C=O) groups is 1. The first-order valence-electron chi connectivity index (χ1n) is 11.8. The molecule has 188 valence electrons. The van der Waals surface area contributed by atoms with Gasteiger partial charge in [0, 0.05) is 44.4 Å². The largest absolute Gasteiger partial charge is 0.500 e. The average molecular weight is 484 g/mol. The van der Waals surface area contributed by atoms with Crippen molar-refractivity contribution in [3.63, 3.8) is 0 Å². The molecule has 1 N–H and O–H groups in total. The van der Waals surface area contributed by atoms with Gasteiger partial charge in [0.25, 0.3) is 0 Å². The van der Waals surface area contributed by atoms with Crippen LogP contribution >= 0.6 is 0 Å². The van der Waals surface area contributed by atoms with Gasteiger partial charge in [0.15, 0.2) is 0 Å². The van der Waals surface area contributed by atoms with Crippen molar-refractivity contribution in [1.82, 2.24) is 5.32 Å². The molecule has 0 spiro atoms. The molecule has 0 aliphatic carbocycles. The third-order valence-electron chi connectivity index (χ3n) is 4.38. The molecule has 0 aromatic heterocycles. The molecule has 0 heterocycles. The van der Waals surface area contributed by atoms with E-state index in [0.717, 1.165) is 17.1 Å². The van der Waals surface area contributed by atoms with E-state index in [0.29, 0.717) is 51.9 Å². The molecular formula is C24H41NO7Si. The van der Waals surface area contributed by atoms with Crippen molar-refractivity contribution in [3.05, 3.63) is 30.3 Å². The van der Waals surface area contributed by atoms with Crippen LogP contribution in [0.4, 0.5) is 4.79 Å². The molecule has 0 aliphatic rings. The van der Waals surface area contributed by atoms with E-state index in [9.17, 15) is 4.79 Å². The number of alkyl carbamates (subject to hydrolysis) is 1. The fraction of sp³-hybridized carbons (Fsp3) is 0.625. The van der Waals surface area contributed by atoms with Gasteiger partial charge in [-0.3, -0.25) is 0 Å². The zero-order valence-corrected chi connectivity index (χ0v) is 21.8. The Morgan fingerprint density at radius 2 is 1.73 bits per heavy atom. The van der Waals surface area contributed by atoms with E-state index in [-0.39, 0.29) is 12.7 Å². The van der Waals surface area contributed by atoms with Crippen LogP contribution in [0.2, 0.25) is 6.04 Å². The molecule has 9 heteroatoms. The van der Waals surface area contributed by atoms with Crippen LogP contribution < -0.4 is 14.8 Å². The summed E-state index contributed by atoms with van der Waals surface area (Å²) in [5.74, 6) is 1.49. The lowest BCUT2D eigenvalue weighted by Crippen LogP contribution is -2.46. The highest BCUT2D eigenvalue weighted by molar-refractivity contribution is 6.60. The van der Waals surface area contributed by atoms with Crippen LogP contribution in [-0.4, -0.2) is 60.6 Å². The van der Waals surface area contributed by atoms with Crippen molar-refractivity contribution in [2.75, 3.05) is 39.6 Å². The molecule has 1 aromatic carbocycles. The fourth-order valence-corrected chi connectivity index (χ4v) is 5.71. The minimum absolute atomic E-state index is 0.0856. The maximum atomic E-state index is 11.9. The van der Waals surface area contributed by atoms with E-state index < -0.39 is 14.9 Å². The number of nitrogens with one attached hydrogen (secondary N) is 1. The average Bonchev–Trinajstić information content (AvgIpc) is 2.77. The number of rotatable bonds is 18. The van der Waals surface area contributed by atoms with Crippen molar-refractivity contribution in [3.8, 4) is 11.5 Å². The SMILES string of the molecule is C=Cc1cc(OCCCOC(=O)NCCC[Si](OCC)(OCC)OCC)ccc1OC(C)C. The second-order valence-electron chi connectivity index (χ2n) is 7.42. The van der Waals surface area contributed by atoms with Gasteiger partial charge in [-0.25, -0.2) is 4.79 Å². The standard InChI is InChI=1S/C24H41NO7Si/c1-7-21-19-22(13-14-23(21)32-20(5)6)27-16-12-17-28-24(26)25-15-11-18-33(29-8-2,30-9-3)31-10-4/h7,13-14,19-20H,1,8-12,15-18H2,2-6H3,(H,25,26). The lowest BCUT2D eigenvalue weighted by atomic mass is 10.2. The molecule has 0 saturated heterocycles. The highest BCUT2D eigenvalue weighted by atomic mass is 28.4. The van der Waals surface area contributed by atoms with Crippen LogP contribution in [0.15, 0.2) is 24.8 Å². The Balaban J connectivity index is 2.28. The predicted molar refractivity (Wildman–Crippen MR) is 132 cm³/mol. The normalized spacial score (nSPS) is 11.3. The number of hydrogen-bond acceptors (Lipinski definition) is 7. The topological polar surface area (TPSA) is 84.5 Å². The van der Waals surface area contributed by atoms with Gasteiger partial charge in [0.1, 0.15) is 11.5 Å². The van der Waals surface area contributed by atoms with Crippen LogP contribution in [0.3, 0.4) is 0 Å². The number of amides is 1.